The van der Waals surface area contributed by atoms with Gasteiger partial charge in [-0.15, -0.1) is 11.3 Å². The fourth-order valence-electron chi connectivity index (χ4n) is 3.58. The Kier molecular flexibility index (Phi) is 5.57. The molecular formula is C22H26N2O2S. The molecule has 3 rings (SSSR count). The first-order chi connectivity index (χ1) is 12.8. The van der Waals surface area contributed by atoms with E-state index in [1.807, 2.05) is 6.92 Å². The molecule has 0 saturated heterocycles. The molecule has 5 heteroatoms. The smallest absolute Gasteiger partial charge is 0.256 e. The van der Waals surface area contributed by atoms with Gasteiger partial charge in [0.2, 0.25) is 0 Å². The molecule has 0 radical (unpaired) electrons. The van der Waals surface area contributed by atoms with E-state index >= 15 is 0 Å². The number of benzene rings is 1. The zero-order chi connectivity index (χ0) is 19.6. The molecule has 1 N–H and O–H groups in total. The zero-order valence-electron chi connectivity index (χ0n) is 16.4. The molecule has 27 heavy (non-hydrogen) atoms. The van der Waals surface area contributed by atoms with Crippen LogP contribution in [-0.4, -0.2) is 12.5 Å². The minimum atomic E-state index is -0.194. The second-order valence-electron chi connectivity index (χ2n) is 8.04. The highest BCUT2D eigenvalue weighted by molar-refractivity contribution is 7.16. The van der Waals surface area contributed by atoms with Gasteiger partial charge in [-0.25, -0.2) is 0 Å². The molecule has 1 heterocycles. The summed E-state index contributed by atoms with van der Waals surface area (Å²) in [7, 11) is 0. The standard InChI is InChI=1S/C22H26N2O2S/c1-5-26-16-9-6-14(7-10-16)20(25)24-21-18(13-23)17-11-8-15(22(2,3)4)12-19(17)27-21/h6-7,9-10,15H,5,8,11-12H2,1-4H3,(H,24,25)/t15-/m1/s1. The first-order valence-electron chi connectivity index (χ1n) is 9.42. The van der Waals surface area contributed by atoms with Crippen LogP contribution in [0.1, 0.15) is 60.5 Å². The van der Waals surface area contributed by atoms with Gasteiger partial charge >= 0.3 is 0 Å². The van der Waals surface area contributed by atoms with Crippen molar-refractivity contribution in [3.63, 3.8) is 0 Å². The summed E-state index contributed by atoms with van der Waals surface area (Å²) in [6.07, 6.45) is 2.99. The van der Waals surface area contributed by atoms with Gasteiger partial charge in [0.1, 0.15) is 16.8 Å². The lowest BCUT2D eigenvalue weighted by Gasteiger charge is -2.33. The van der Waals surface area contributed by atoms with Gasteiger partial charge in [-0.05, 0) is 67.3 Å². The Labute approximate surface area is 165 Å². The largest absolute Gasteiger partial charge is 0.494 e. The monoisotopic (exact) mass is 382 g/mol. The van der Waals surface area contributed by atoms with E-state index in [4.69, 9.17) is 4.74 Å². The number of amides is 1. The van der Waals surface area contributed by atoms with E-state index < -0.39 is 0 Å². The van der Waals surface area contributed by atoms with Crippen molar-refractivity contribution >= 4 is 22.2 Å². The molecule has 1 aliphatic carbocycles. The van der Waals surface area contributed by atoms with E-state index in [0.29, 0.717) is 28.7 Å². The maximum atomic E-state index is 12.6. The maximum Gasteiger partial charge on any atom is 0.256 e. The molecule has 1 amide bonds. The SMILES string of the molecule is CCOc1ccc(C(=O)Nc2sc3c(c2C#N)CC[C@@H](C(C)(C)C)C3)cc1. The Hall–Kier alpha value is -2.32. The highest BCUT2D eigenvalue weighted by Crippen LogP contribution is 2.44. The molecule has 1 aliphatic rings. The molecule has 4 nitrogen and oxygen atoms in total. The number of nitriles is 1. The number of rotatable bonds is 4. The van der Waals surface area contributed by atoms with Crippen molar-refractivity contribution in [3.05, 3.63) is 45.8 Å². The highest BCUT2D eigenvalue weighted by Gasteiger charge is 2.32. The Morgan fingerprint density at radius 2 is 2.04 bits per heavy atom. The van der Waals surface area contributed by atoms with Gasteiger partial charge in [0, 0.05) is 10.4 Å². The second-order valence-corrected chi connectivity index (χ2v) is 9.14. The third-order valence-corrected chi connectivity index (χ3v) is 6.43. The summed E-state index contributed by atoms with van der Waals surface area (Å²) < 4.78 is 5.42. The number of nitrogens with one attached hydrogen (secondary N) is 1. The van der Waals surface area contributed by atoms with Gasteiger partial charge in [-0.2, -0.15) is 5.26 Å². The summed E-state index contributed by atoms with van der Waals surface area (Å²) in [5.41, 5.74) is 2.58. The van der Waals surface area contributed by atoms with Crippen LogP contribution >= 0.6 is 11.3 Å². The van der Waals surface area contributed by atoms with Gasteiger partial charge in [-0.1, -0.05) is 20.8 Å². The minimum Gasteiger partial charge on any atom is -0.494 e. The van der Waals surface area contributed by atoms with Crippen molar-refractivity contribution < 1.29 is 9.53 Å². The van der Waals surface area contributed by atoms with Gasteiger partial charge < -0.3 is 10.1 Å². The summed E-state index contributed by atoms with van der Waals surface area (Å²) in [6, 6.07) is 9.38. The fourth-order valence-corrected chi connectivity index (χ4v) is 4.85. The van der Waals surface area contributed by atoms with Crippen molar-refractivity contribution in [2.75, 3.05) is 11.9 Å². The third kappa shape index (κ3) is 4.17. The predicted octanol–water partition coefficient (Wildman–Crippen LogP) is 5.42. The molecule has 0 aliphatic heterocycles. The maximum absolute atomic E-state index is 12.6. The Bertz CT molecular complexity index is 869. The van der Waals surface area contributed by atoms with Crippen LogP contribution in [0, 0.1) is 22.7 Å². The summed E-state index contributed by atoms with van der Waals surface area (Å²) in [6.45, 7) is 9.34. The molecule has 142 valence electrons. The number of ether oxygens (including phenoxy) is 1. The number of thiophene rings is 1. The normalized spacial score (nSPS) is 16.3. The zero-order valence-corrected chi connectivity index (χ0v) is 17.2. The van der Waals surface area contributed by atoms with Crippen LogP contribution in [0.25, 0.3) is 0 Å². The topological polar surface area (TPSA) is 62.1 Å². The molecule has 1 atom stereocenters. The van der Waals surface area contributed by atoms with E-state index in [1.165, 1.54) is 4.88 Å². The summed E-state index contributed by atoms with van der Waals surface area (Å²) in [4.78, 5) is 13.9. The minimum absolute atomic E-state index is 0.194. The predicted molar refractivity (Wildman–Crippen MR) is 110 cm³/mol. The van der Waals surface area contributed by atoms with Gasteiger partial charge in [0.15, 0.2) is 0 Å². The van der Waals surface area contributed by atoms with Crippen LogP contribution in [0.3, 0.4) is 0 Å². The molecule has 0 unspecified atom stereocenters. The van der Waals surface area contributed by atoms with E-state index in [1.54, 1.807) is 35.6 Å². The van der Waals surface area contributed by atoms with Crippen molar-refractivity contribution in [1.82, 2.24) is 0 Å². The fraction of sp³-hybridized carbons (Fsp3) is 0.455. The first-order valence-corrected chi connectivity index (χ1v) is 10.2. The Balaban J connectivity index is 1.80. The second kappa shape index (κ2) is 7.74. The third-order valence-electron chi connectivity index (χ3n) is 5.26. The van der Waals surface area contributed by atoms with E-state index in [2.05, 4.69) is 32.2 Å². The lowest BCUT2D eigenvalue weighted by molar-refractivity contribution is 0.102. The number of hydrogen-bond donors (Lipinski definition) is 1. The number of carbonyl (C=O) groups excluding carboxylic acids is 1. The average Bonchev–Trinajstić information content (AvgIpc) is 2.97. The van der Waals surface area contributed by atoms with Crippen molar-refractivity contribution in [3.8, 4) is 11.8 Å². The quantitative estimate of drug-likeness (QED) is 0.768. The van der Waals surface area contributed by atoms with Crippen molar-refractivity contribution in [2.45, 2.75) is 47.0 Å². The van der Waals surface area contributed by atoms with Crippen LogP contribution in [-0.2, 0) is 12.8 Å². The van der Waals surface area contributed by atoms with Gasteiger partial charge in [-0.3, -0.25) is 4.79 Å². The van der Waals surface area contributed by atoms with Crippen molar-refractivity contribution in [1.29, 1.82) is 5.26 Å². The van der Waals surface area contributed by atoms with E-state index in [9.17, 15) is 10.1 Å². The molecule has 0 saturated carbocycles. The molecule has 0 fully saturated rings. The van der Waals surface area contributed by atoms with Crippen LogP contribution < -0.4 is 10.1 Å². The van der Waals surface area contributed by atoms with Gasteiger partial charge in [0.25, 0.3) is 5.91 Å². The lowest BCUT2D eigenvalue weighted by atomic mass is 9.72. The average molecular weight is 383 g/mol. The number of carbonyl (C=O) groups is 1. The van der Waals surface area contributed by atoms with Crippen LogP contribution in [0.2, 0.25) is 0 Å². The Morgan fingerprint density at radius 3 is 2.63 bits per heavy atom. The number of hydrogen-bond acceptors (Lipinski definition) is 4. The van der Waals surface area contributed by atoms with Crippen LogP contribution in [0.4, 0.5) is 5.00 Å². The summed E-state index contributed by atoms with van der Waals surface area (Å²) >= 11 is 1.56. The van der Waals surface area contributed by atoms with E-state index in [0.717, 1.165) is 30.6 Å². The van der Waals surface area contributed by atoms with E-state index in [-0.39, 0.29) is 11.3 Å². The van der Waals surface area contributed by atoms with Crippen LogP contribution in [0.5, 0.6) is 5.75 Å². The number of nitrogens with zero attached hydrogens (tertiary/aromatic N) is 1. The highest BCUT2D eigenvalue weighted by atomic mass is 32.1. The molecule has 1 aromatic carbocycles. The molecular weight excluding hydrogens is 356 g/mol. The summed E-state index contributed by atoms with van der Waals surface area (Å²) in [5, 5.41) is 13.3. The van der Waals surface area contributed by atoms with Crippen LogP contribution in [0.15, 0.2) is 24.3 Å². The number of fused-ring (bicyclic) bond motifs is 1. The lowest BCUT2D eigenvalue weighted by Crippen LogP contribution is -2.26. The van der Waals surface area contributed by atoms with Crippen molar-refractivity contribution in [2.24, 2.45) is 11.3 Å². The first kappa shape index (κ1) is 19.4. The number of anilines is 1. The summed E-state index contributed by atoms with van der Waals surface area (Å²) in [5.74, 6) is 1.15. The van der Waals surface area contributed by atoms with Gasteiger partial charge in [0.05, 0.1) is 12.2 Å². The molecule has 0 bridgehead atoms. The Morgan fingerprint density at radius 1 is 1.33 bits per heavy atom. The molecule has 0 spiro atoms. The molecule has 1 aromatic heterocycles. The molecule has 2 aromatic rings.